The summed E-state index contributed by atoms with van der Waals surface area (Å²) in [5.74, 6) is 0.657. The number of nitrogens with one attached hydrogen (secondary N) is 1. The van der Waals surface area contributed by atoms with Crippen LogP contribution in [-0.4, -0.2) is 56.9 Å². The predicted molar refractivity (Wildman–Crippen MR) is 89.2 cm³/mol. The Labute approximate surface area is 137 Å². The molecule has 1 N–H and O–H groups in total. The van der Waals surface area contributed by atoms with Gasteiger partial charge in [0.05, 0.1) is 23.0 Å². The van der Waals surface area contributed by atoms with Crippen LogP contribution in [0, 0.1) is 0 Å². The number of hydrazine groups is 1. The van der Waals surface area contributed by atoms with E-state index in [1.165, 1.54) is 0 Å². The van der Waals surface area contributed by atoms with Gasteiger partial charge in [-0.25, -0.2) is 21.8 Å². The zero-order valence-electron chi connectivity index (χ0n) is 12.9. The Morgan fingerprint density at radius 2 is 1.61 bits per heavy atom. The van der Waals surface area contributed by atoms with Crippen molar-refractivity contribution < 1.29 is 16.8 Å². The molecule has 2 heterocycles. The first kappa shape index (κ1) is 16.9. The Balaban J connectivity index is 1.73. The molecule has 0 amide bonds. The van der Waals surface area contributed by atoms with E-state index in [1.807, 2.05) is 35.3 Å². The van der Waals surface area contributed by atoms with E-state index >= 15 is 0 Å². The second-order valence-electron chi connectivity index (χ2n) is 6.40. The van der Waals surface area contributed by atoms with Crippen LogP contribution >= 0.6 is 0 Å². The first-order valence-corrected chi connectivity index (χ1v) is 11.4. The Morgan fingerprint density at radius 3 is 2.17 bits per heavy atom. The molecule has 1 aromatic rings. The molecule has 0 saturated carbocycles. The maximum Gasteiger partial charge on any atom is 0.151 e. The van der Waals surface area contributed by atoms with E-state index < -0.39 is 19.7 Å². The maximum absolute atomic E-state index is 11.8. The van der Waals surface area contributed by atoms with Gasteiger partial charge in [0.15, 0.2) is 19.7 Å². The Hall–Kier alpha value is -0.960. The number of rotatable bonds is 5. The van der Waals surface area contributed by atoms with Crippen molar-refractivity contribution in [3.8, 4) is 0 Å². The van der Waals surface area contributed by atoms with Crippen LogP contribution in [0.5, 0.6) is 0 Å². The molecular weight excluding hydrogens is 336 g/mol. The van der Waals surface area contributed by atoms with Crippen LogP contribution in [0.3, 0.4) is 0 Å². The third-order valence-electron chi connectivity index (χ3n) is 4.43. The summed E-state index contributed by atoms with van der Waals surface area (Å²) in [5.41, 5.74) is 4.36. The van der Waals surface area contributed by atoms with Crippen molar-refractivity contribution in [2.24, 2.45) is 0 Å². The molecule has 8 heteroatoms. The average molecular weight is 358 g/mol. The van der Waals surface area contributed by atoms with E-state index in [0.717, 1.165) is 5.56 Å². The minimum Gasteiger partial charge on any atom is -0.250 e. The minimum absolute atomic E-state index is 0.108. The summed E-state index contributed by atoms with van der Waals surface area (Å²) in [4.78, 5) is 0. The lowest BCUT2D eigenvalue weighted by atomic mass is 10.2. The third kappa shape index (κ3) is 4.53. The van der Waals surface area contributed by atoms with E-state index in [1.54, 1.807) is 0 Å². The second-order valence-corrected chi connectivity index (χ2v) is 10.9. The second kappa shape index (κ2) is 6.51. The molecule has 2 aliphatic rings. The van der Waals surface area contributed by atoms with Crippen LogP contribution < -0.4 is 5.43 Å². The molecule has 0 bridgehead atoms. The summed E-state index contributed by atoms with van der Waals surface area (Å²) < 4.78 is 46.9. The van der Waals surface area contributed by atoms with Crippen LogP contribution in [-0.2, 0) is 26.2 Å². The number of sulfone groups is 2. The van der Waals surface area contributed by atoms with Crippen molar-refractivity contribution in [3.63, 3.8) is 0 Å². The van der Waals surface area contributed by atoms with Gasteiger partial charge in [0, 0.05) is 18.6 Å². The molecule has 2 saturated heterocycles. The normalized spacial score (nSPS) is 29.1. The summed E-state index contributed by atoms with van der Waals surface area (Å²) in [6.45, 7) is 0.567. The van der Waals surface area contributed by atoms with Gasteiger partial charge in [0.1, 0.15) is 0 Å². The Morgan fingerprint density at radius 1 is 0.957 bits per heavy atom. The summed E-state index contributed by atoms with van der Waals surface area (Å²) in [7, 11) is -5.96. The van der Waals surface area contributed by atoms with Crippen LogP contribution in [0.25, 0.3) is 0 Å². The zero-order valence-corrected chi connectivity index (χ0v) is 14.5. The average Bonchev–Trinajstić information content (AvgIpc) is 3.01. The molecule has 0 radical (unpaired) electrons. The van der Waals surface area contributed by atoms with Crippen LogP contribution in [0.4, 0.5) is 0 Å². The lowest BCUT2D eigenvalue weighted by Gasteiger charge is -2.31. The highest BCUT2D eigenvalue weighted by atomic mass is 32.2. The van der Waals surface area contributed by atoms with E-state index in [0.29, 0.717) is 19.4 Å². The zero-order chi connectivity index (χ0) is 16.5. The molecule has 2 aliphatic heterocycles. The molecule has 0 spiro atoms. The fourth-order valence-corrected chi connectivity index (χ4v) is 6.61. The minimum atomic E-state index is -2.99. The highest BCUT2D eigenvalue weighted by Crippen LogP contribution is 2.20. The van der Waals surface area contributed by atoms with Gasteiger partial charge in [-0.15, -0.1) is 0 Å². The van der Waals surface area contributed by atoms with Gasteiger partial charge in [-0.1, -0.05) is 30.3 Å². The fraction of sp³-hybridized carbons (Fsp3) is 0.600. The molecule has 0 aliphatic carbocycles. The van der Waals surface area contributed by atoms with E-state index in [-0.39, 0.29) is 35.1 Å². The maximum atomic E-state index is 11.8. The predicted octanol–water partition coefficient (Wildman–Crippen LogP) is 0.367. The molecule has 6 nitrogen and oxygen atoms in total. The third-order valence-corrected chi connectivity index (χ3v) is 7.94. The molecule has 2 fully saturated rings. The topological polar surface area (TPSA) is 83.6 Å². The molecule has 0 unspecified atom stereocenters. The Kier molecular flexibility index (Phi) is 4.78. The molecule has 2 atom stereocenters. The summed E-state index contributed by atoms with van der Waals surface area (Å²) in [6.07, 6.45) is 1.16. The quantitative estimate of drug-likeness (QED) is 0.766. The first-order chi connectivity index (χ1) is 10.8. The summed E-state index contributed by atoms with van der Waals surface area (Å²) >= 11 is 0. The number of nitrogens with zero attached hydrogens (tertiary/aromatic N) is 1. The van der Waals surface area contributed by atoms with Crippen molar-refractivity contribution in [1.82, 2.24) is 10.4 Å². The lowest BCUT2D eigenvalue weighted by molar-refractivity contribution is 0.108. The van der Waals surface area contributed by atoms with Gasteiger partial charge in [-0.2, -0.15) is 0 Å². The van der Waals surface area contributed by atoms with Crippen molar-refractivity contribution in [2.75, 3.05) is 23.0 Å². The number of benzene rings is 1. The standard InChI is InChI=1S/C15H22N2O4S2/c18-22(19)8-6-14(11-22)16-17(10-13-4-2-1-3-5-13)15-7-9-23(20,21)12-15/h1-5,14-16H,6-12H2/t14-,15+/m1/s1. The van der Waals surface area contributed by atoms with Gasteiger partial charge < -0.3 is 0 Å². The molecular formula is C15H22N2O4S2. The monoisotopic (exact) mass is 358 g/mol. The first-order valence-electron chi connectivity index (χ1n) is 7.81. The number of hydrogen-bond donors (Lipinski definition) is 1. The smallest absolute Gasteiger partial charge is 0.151 e. The highest BCUT2D eigenvalue weighted by molar-refractivity contribution is 7.91. The SMILES string of the molecule is O=S1(=O)CC[C@@H](NN(Cc2ccccc2)[C@H]2CCS(=O)(=O)C2)C1. The van der Waals surface area contributed by atoms with Crippen molar-refractivity contribution in [1.29, 1.82) is 0 Å². The molecule has 1 aromatic carbocycles. The van der Waals surface area contributed by atoms with Gasteiger partial charge in [0.2, 0.25) is 0 Å². The fourth-order valence-electron chi connectivity index (χ4n) is 3.21. The van der Waals surface area contributed by atoms with Gasteiger partial charge >= 0.3 is 0 Å². The Bertz CT molecular complexity index is 747. The van der Waals surface area contributed by atoms with Crippen LogP contribution in [0.1, 0.15) is 18.4 Å². The number of hydrogen-bond acceptors (Lipinski definition) is 6. The molecule has 3 rings (SSSR count). The largest absolute Gasteiger partial charge is 0.250 e. The van der Waals surface area contributed by atoms with Gasteiger partial charge in [-0.3, -0.25) is 5.43 Å². The van der Waals surface area contributed by atoms with Crippen LogP contribution in [0.15, 0.2) is 30.3 Å². The van der Waals surface area contributed by atoms with E-state index in [4.69, 9.17) is 0 Å². The lowest BCUT2D eigenvalue weighted by Crippen LogP contribution is -2.50. The van der Waals surface area contributed by atoms with E-state index in [9.17, 15) is 16.8 Å². The summed E-state index contributed by atoms with van der Waals surface area (Å²) in [5, 5.41) is 1.94. The molecule has 0 aromatic heterocycles. The highest BCUT2D eigenvalue weighted by Gasteiger charge is 2.35. The molecule has 128 valence electrons. The van der Waals surface area contributed by atoms with Crippen molar-refractivity contribution in [3.05, 3.63) is 35.9 Å². The van der Waals surface area contributed by atoms with Crippen molar-refractivity contribution in [2.45, 2.75) is 31.5 Å². The summed E-state index contributed by atoms with van der Waals surface area (Å²) in [6, 6.07) is 9.56. The van der Waals surface area contributed by atoms with Crippen LogP contribution in [0.2, 0.25) is 0 Å². The van der Waals surface area contributed by atoms with Gasteiger partial charge in [0.25, 0.3) is 0 Å². The van der Waals surface area contributed by atoms with Gasteiger partial charge in [-0.05, 0) is 18.4 Å². The molecule has 23 heavy (non-hydrogen) atoms. The van der Waals surface area contributed by atoms with Crippen molar-refractivity contribution >= 4 is 19.7 Å². The van der Waals surface area contributed by atoms with E-state index in [2.05, 4.69) is 5.43 Å².